The molecule has 4 aromatic heterocycles. The number of aromatic amines is 1. The lowest BCUT2D eigenvalue weighted by atomic mass is 9.83. The summed E-state index contributed by atoms with van der Waals surface area (Å²) in [5.41, 5.74) is 3.51. The van der Waals surface area contributed by atoms with Crippen molar-refractivity contribution in [3.8, 4) is 22.9 Å². The van der Waals surface area contributed by atoms with Gasteiger partial charge < -0.3 is 14.2 Å². The van der Waals surface area contributed by atoms with E-state index < -0.39 is 5.76 Å². The molecule has 0 unspecified atom stereocenters. The van der Waals surface area contributed by atoms with E-state index in [9.17, 15) is 4.79 Å². The van der Waals surface area contributed by atoms with Crippen molar-refractivity contribution < 1.29 is 9.26 Å². The molecule has 1 aliphatic carbocycles. The number of imidazole rings is 1. The molecule has 11 heteroatoms. The number of piperidine rings is 1. The van der Waals surface area contributed by atoms with Gasteiger partial charge in [-0.25, -0.2) is 14.8 Å². The number of rotatable bonds is 6. The van der Waals surface area contributed by atoms with Gasteiger partial charge in [-0.3, -0.25) is 14.5 Å². The zero-order chi connectivity index (χ0) is 27.1. The van der Waals surface area contributed by atoms with Gasteiger partial charge >= 0.3 is 5.76 Å². The number of fused-ring (bicyclic) bond motifs is 1. The topological polar surface area (TPSA) is 115 Å². The van der Waals surface area contributed by atoms with Crippen LogP contribution in [-0.4, -0.2) is 55.5 Å². The molecule has 6 rings (SSSR count). The average molecular weight is 552 g/mol. The first-order valence-corrected chi connectivity index (χ1v) is 14.2. The third kappa shape index (κ3) is 5.19. The number of hydrogen-bond acceptors (Lipinski definition) is 8. The highest BCUT2D eigenvalue weighted by Gasteiger charge is 2.32. The van der Waals surface area contributed by atoms with Crippen LogP contribution in [-0.2, 0) is 11.3 Å². The number of hydrogen-bond donors (Lipinski definition) is 1. The van der Waals surface area contributed by atoms with Crippen LogP contribution in [0.4, 0.5) is 5.95 Å². The highest BCUT2D eigenvalue weighted by atomic mass is 35.5. The second-order valence-corrected chi connectivity index (χ2v) is 11.5. The van der Waals surface area contributed by atoms with Crippen LogP contribution in [0.25, 0.3) is 33.9 Å². The molecule has 0 aromatic carbocycles. The van der Waals surface area contributed by atoms with Gasteiger partial charge in [-0.05, 0) is 62.6 Å². The Labute approximate surface area is 231 Å². The first-order chi connectivity index (χ1) is 18.9. The van der Waals surface area contributed by atoms with Crippen molar-refractivity contribution in [2.45, 2.75) is 71.1 Å². The molecule has 0 spiro atoms. The molecule has 1 saturated carbocycles. The molecule has 206 valence electrons. The predicted molar refractivity (Wildman–Crippen MR) is 150 cm³/mol. The minimum Gasteiger partial charge on any atom is -0.381 e. The van der Waals surface area contributed by atoms with E-state index in [1.54, 1.807) is 13.3 Å². The van der Waals surface area contributed by atoms with E-state index >= 15 is 0 Å². The zero-order valence-corrected chi connectivity index (χ0v) is 23.3. The van der Waals surface area contributed by atoms with Crippen LogP contribution in [0.3, 0.4) is 0 Å². The Morgan fingerprint density at radius 3 is 2.62 bits per heavy atom. The molecule has 2 fully saturated rings. The number of methoxy groups -OCH3 is 1. The summed E-state index contributed by atoms with van der Waals surface area (Å²) in [4.78, 5) is 31.5. The Hall–Kier alpha value is -3.24. The third-order valence-electron chi connectivity index (χ3n) is 8.35. The van der Waals surface area contributed by atoms with Gasteiger partial charge in [0.15, 0.2) is 0 Å². The van der Waals surface area contributed by atoms with Crippen LogP contribution < -0.4 is 10.7 Å². The van der Waals surface area contributed by atoms with E-state index in [1.165, 1.54) is 25.7 Å². The number of ether oxygens (including phenoxy) is 1. The molecule has 2 aliphatic rings. The van der Waals surface area contributed by atoms with Crippen molar-refractivity contribution in [2.75, 3.05) is 18.6 Å². The number of aromatic nitrogens is 6. The highest BCUT2D eigenvalue weighted by molar-refractivity contribution is 6.30. The van der Waals surface area contributed by atoms with Crippen molar-refractivity contribution in [1.29, 1.82) is 0 Å². The van der Waals surface area contributed by atoms with E-state index in [1.807, 2.05) is 18.2 Å². The summed E-state index contributed by atoms with van der Waals surface area (Å²) in [5.74, 6) is 1.89. The molecule has 0 bridgehead atoms. The van der Waals surface area contributed by atoms with Crippen molar-refractivity contribution in [1.82, 2.24) is 29.7 Å². The fourth-order valence-electron chi connectivity index (χ4n) is 6.10. The van der Waals surface area contributed by atoms with Crippen LogP contribution in [0.1, 0.15) is 52.4 Å². The van der Waals surface area contributed by atoms with Crippen LogP contribution in [0.15, 0.2) is 33.7 Å². The van der Waals surface area contributed by atoms with Crippen molar-refractivity contribution in [3.63, 3.8) is 0 Å². The molecule has 4 aromatic rings. The van der Waals surface area contributed by atoms with Gasteiger partial charge in [-0.1, -0.05) is 36.5 Å². The van der Waals surface area contributed by atoms with E-state index in [2.05, 4.69) is 38.4 Å². The Balaban J connectivity index is 1.54. The number of halogens is 1. The summed E-state index contributed by atoms with van der Waals surface area (Å²) < 4.78 is 12.8. The van der Waals surface area contributed by atoms with Gasteiger partial charge in [0.2, 0.25) is 11.8 Å². The second-order valence-electron chi connectivity index (χ2n) is 11.1. The first-order valence-electron chi connectivity index (χ1n) is 13.8. The van der Waals surface area contributed by atoms with E-state index in [-0.39, 0.29) is 18.0 Å². The zero-order valence-electron chi connectivity index (χ0n) is 22.6. The van der Waals surface area contributed by atoms with Crippen molar-refractivity contribution in [2.24, 2.45) is 11.8 Å². The van der Waals surface area contributed by atoms with Gasteiger partial charge in [0, 0.05) is 32.4 Å². The Bertz CT molecular complexity index is 1500. The molecule has 5 heterocycles. The number of anilines is 1. The van der Waals surface area contributed by atoms with Gasteiger partial charge in [0.05, 0.1) is 27.9 Å². The molecule has 10 nitrogen and oxygen atoms in total. The molecule has 1 aliphatic heterocycles. The number of nitrogens with zero attached hydrogens (tertiary/aromatic N) is 6. The highest BCUT2D eigenvalue weighted by Crippen LogP contribution is 2.38. The second kappa shape index (κ2) is 10.7. The number of nitrogens with one attached hydrogen (secondary N) is 1. The average Bonchev–Trinajstić information content (AvgIpc) is 3.53. The summed E-state index contributed by atoms with van der Waals surface area (Å²) in [7, 11) is 1.79. The van der Waals surface area contributed by atoms with Crippen LogP contribution in [0.2, 0.25) is 5.02 Å². The van der Waals surface area contributed by atoms with Crippen LogP contribution >= 0.6 is 11.6 Å². The molecular formula is C28H34ClN7O3. The molecule has 39 heavy (non-hydrogen) atoms. The van der Waals surface area contributed by atoms with E-state index in [4.69, 9.17) is 30.8 Å². The SMILES string of the molecule is CO[C@@H]1CCN(c2nc3cc(-c4noc(=O)[nH]4)nc(-c4ccc(Cl)cn4)c3n2C[C@H]2CC[C@H](C)CC2)[C@H](C)C1. The largest absolute Gasteiger partial charge is 0.439 e. The quantitative estimate of drug-likeness (QED) is 0.342. The minimum absolute atomic E-state index is 0.250. The molecule has 1 saturated heterocycles. The fraction of sp³-hybridized carbons (Fsp3) is 0.536. The molecule has 1 N–H and O–H groups in total. The summed E-state index contributed by atoms with van der Waals surface area (Å²) in [6.07, 6.45) is 8.64. The Morgan fingerprint density at radius 1 is 1.13 bits per heavy atom. The van der Waals surface area contributed by atoms with Crippen molar-refractivity contribution >= 4 is 28.6 Å². The predicted octanol–water partition coefficient (Wildman–Crippen LogP) is 5.32. The normalized spacial score (nSPS) is 23.9. The Kier molecular flexibility index (Phi) is 7.16. The fourth-order valence-corrected chi connectivity index (χ4v) is 6.21. The maximum Gasteiger partial charge on any atom is 0.439 e. The lowest BCUT2D eigenvalue weighted by molar-refractivity contribution is 0.0716. The lowest BCUT2D eigenvalue weighted by Crippen LogP contribution is -2.44. The van der Waals surface area contributed by atoms with E-state index in [0.29, 0.717) is 28.0 Å². The third-order valence-corrected chi connectivity index (χ3v) is 8.58. The molecular weight excluding hydrogens is 518 g/mol. The van der Waals surface area contributed by atoms with Gasteiger partial charge in [-0.2, -0.15) is 0 Å². The summed E-state index contributed by atoms with van der Waals surface area (Å²) >= 11 is 6.19. The smallest absolute Gasteiger partial charge is 0.381 e. The van der Waals surface area contributed by atoms with Gasteiger partial charge in [0.1, 0.15) is 11.4 Å². The Morgan fingerprint density at radius 2 is 1.95 bits per heavy atom. The first kappa shape index (κ1) is 26.0. The van der Waals surface area contributed by atoms with Gasteiger partial charge in [-0.15, -0.1) is 0 Å². The van der Waals surface area contributed by atoms with E-state index in [0.717, 1.165) is 48.8 Å². The molecule has 0 radical (unpaired) electrons. The monoisotopic (exact) mass is 551 g/mol. The maximum absolute atomic E-state index is 11.7. The van der Waals surface area contributed by atoms with Gasteiger partial charge in [0.25, 0.3) is 0 Å². The summed E-state index contributed by atoms with van der Waals surface area (Å²) in [5, 5.41) is 4.43. The van der Waals surface area contributed by atoms with Crippen LogP contribution in [0.5, 0.6) is 0 Å². The summed E-state index contributed by atoms with van der Waals surface area (Å²) in [6, 6.07) is 5.81. The minimum atomic E-state index is -0.634. The van der Waals surface area contributed by atoms with Crippen molar-refractivity contribution in [3.05, 3.63) is 40.0 Å². The lowest BCUT2D eigenvalue weighted by Gasteiger charge is -2.38. The summed E-state index contributed by atoms with van der Waals surface area (Å²) in [6.45, 7) is 6.30. The van der Waals surface area contributed by atoms with Crippen LogP contribution in [0, 0.1) is 11.8 Å². The number of pyridine rings is 2. The number of H-pyrrole nitrogens is 1. The molecule has 0 amide bonds. The molecule has 2 atom stereocenters. The maximum atomic E-state index is 11.7. The standard InChI is InChI=1S/C28H34ClN7O3/c1-16-4-6-18(7-5-16)15-36-25-22(32-27(36)35-11-10-20(38-3)12-17(35)2)13-23(26-33-28(37)39-34-26)31-24(25)21-9-8-19(29)14-30-21/h8-9,13-14,16-18,20H,4-7,10-12,15H2,1-3H3,(H,33,34,37)/t16-,17-,18-,20-/m1/s1.